The summed E-state index contributed by atoms with van der Waals surface area (Å²) < 4.78 is 0. The molecule has 0 bridgehead atoms. The minimum absolute atomic E-state index is 0.0448. The number of aryl methyl sites for hydroxylation is 1. The minimum atomic E-state index is 0.0448. The van der Waals surface area contributed by atoms with Gasteiger partial charge < -0.3 is 15.5 Å². The Kier molecular flexibility index (Phi) is 7.09. The van der Waals surface area contributed by atoms with Crippen molar-refractivity contribution in [2.24, 2.45) is 0 Å². The molecule has 1 amide bonds. The number of amides is 1. The summed E-state index contributed by atoms with van der Waals surface area (Å²) in [4.78, 5) is 27.8. The second kappa shape index (κ2) is 10.2. The molecule has 1 fully saturated rings. The molecule has 32 heavy (non-hydrogen) atoms. The highest BCUT2D eigenvalue weighted by molar-refractivity contribution is 7.99. The average molecular weight is 451 g/mol. The zero-order chi connectivity index (χ0) is 22.5. The molecule has 1 aliphatic rings. The molecule has 0 spiro atoms. The van der Waals surface area contributed by atoms with Crippen molar-refractivity contribution in [3.8, 4) is 0 Å². The second-order valence-corrected chi connectivity index (χ2v) is 9.41. The van der Waals surface area contributed by atoms with E-state index in [1.54, 1.807) is 6.20 Å². The highest BCUT2D eigenvalue weighted by atomic mass is 32.2. The van der Waals surface area contributed by atoms with Crippen LogP contribution in [0.1, 0.15) is 31.4 Å². The largest absolute Gasteiger partial charge is 0.377 e. The summed E-state index contributed by atoms with van der Waals surface area (Å²) in [6.07, 6.45) is 5.66. The summed E-state index contributed by atoms with van der Waals surface area (Å²) in [7, 11) is 4.12. The molecule has 0 atom stereocenters. The van der Waals surface area contributed by atoms with Crippen molar-refractivity contribution in [3.63, 3.8) is 0 Å². The first-order valence-corrected chi connectivity index (χ1v) is 12.0. The predicted molar refractivity (Wildman–Crippen MR) is 131 cm³/mol. The number of thioether (sulfide) groups is 1. The number of carbonyl (C=O) groups excluding carboxylic acids is 1. The normalized spacial score (nSPS) is 18.3. The van der Waals surface area contributed by atoms with Gasteiger partial charge in [0, 0.05) is 55.2 Å². The number of para-hydroxylation sites is 1. The lowest BCUT2D eigenvalue weighted by Gasteiger charge is -2.30. The highest BCUT2D eigenvalue weighted by Gasteiger charge is 2.23. The van der Waals surface area contributed by atoms with Crippen LogP contribution in [0.15, 0.2) is 47.8 Å². The molecule has 168 valence electrons. The predicted octanol–water partition coefficient (Wildman–Crippen LogP) is 4.03. The van der Waals surface area contributed by atoms with Gasteiger partial charge in [-0.1, -0.05) is 30.0 Å². The van der Waals surface area contributed by atoms with E-state index in [-0.39, 0.29) is 11.9 Å². The van der Waals surface area contributed by atoms with Gasteiger partial charge in [0.15, 0.2) is 5.16 Å². The van der Waals surface area contributed by atoms with Crippen molar-refractivity contribution in [3.05, 3.63) is 48.3 Å². The lowest BCUT2D eigenvalue weighted by molar-refractivity contribution is -0.119. The average Bonchev–Trinajstić information content (AvgIpc) is 2.78. The van der Waals surface area contributed by atoms with Crippen LogP contribution in [0.4, 0.5) is 11.5 Å². The van der Waals surface area contributed by atoms with E-state index in [0.29, 0.717) is 17.0 Å². The molecule has 0 aliphatic heterocycles. The maximum atomic E-state index is 12.4. The summed E-state index contributed by atoms with van der Waals surface area (Å²) >= 11 is 1.38. The van der Waals surface area contributed by atoms with Gasteiger partial charge in [-0.25, -0.2) is 15.0 Å². The SMILES string of the molecule is Cc1ccnc(SCC(=O)NC2CCC(Nc3cc(N(C)C)c4ccccc4n3)CC2)n1. The number of nitrogens with one attached hydrogen (secondary N) is 2. The first kappa shape index (κ1) is 22.3. The molecule has 0 unspecified atom stereocenters. The van der Waals surface area contributed by atoms with Gasteiger partial charge in [-0.2, -0.15) is 0 Å². The Morgan fingerprint density at radius 3 is 2.59 bits per heavy atom. The van der Waals surface area contributed by atoms with Crippen molar-refractivity contribution in [1.82, 2.24) is 20.3 Å². The van der Waals surface area contributed by atoms with E-state index in [0.717, 1.165) is 53.8 Å². The number of pyridine rings is 1. The molecule has 3 aromatic rings. The number of anilines is 2. The highest BCUT2D eigenvalue weighted by Crippen LogP contribution is 2.29. The van der Waals surface area contributed by atoms with E-state index in [1.807, 2.05) is 25.1 Å². The van der Waals surface area contributed by atoms with Gasteiger partial charge in [-0.3, -0.25) is 4.79 Å². The van der Waals surface area contributed by atoms with Crippen molar-refractivity contribution < 1.29 is 4.79 Å². The third kappa shape index (κ3) is 5.68. The fourth-order valence-corrected chi connectivity index (χ4v) is 4.77. The monoisotopic (exact) mass is 450 g/mol. The van der Waals surface area contributed by atoms with Gasteiger partial charge in [0.2, 0.25) is 5.91 Å². The molecular weight excluding hydrogens is 420 g/mol. The molecule has 0 saturated heterocycles. The lowest BCUT2D eigenvalue weighted by atomic mass is 9.91. The smallest absolute Gasteiger partial charge is 0.230 e. The van der Waals surface area contributed by atoms with Crippen LogP contribution in [0.2, 0.25) is 0 Å². The van der Waals surface area contributed by atoms with Crippen LogP contribution in [0.25, 0.3) is 10.9 Å². The zero-order valence-electron chi connectivity index (χ0n) is 18.8. The fraction of sp³-hybridized carbons (Fsp3) is 0.417. The molecule has 0 radical (unpaired) electrons. The molecule has 8 heteroatoms. The van der Waals surface area contributed by atoms with Crippen LogP contribution in [-0.2, 0) is 4.79 Å². The van der Waals surface area contributed by atoms with Gasteiger partial charge in [0.1, 0.15) is 5.82 Å². The number of rotatable bonds is 7. The van der Waals surface area contributed by atoms with Crippen LogP contribution >= 0.6 is 11.8 Å². The van der Waals surface area contributed by atoms with Gasteiger partial charge in [-0.05, 0) is 44.7 Å². The second-order valence-electron chi connectivity index (χ2n) is 8.47. The number of hydrogen-bond donors (Lipinski definition) is 2. The van der Waals surface area contributed by atoms with Crippen LogP contribution in [0, 0.1) is 6.92 Å². The molecule has 1 aromatic carbocycles. The number of fused-ring (bicyclic) bond motifs is 1. The summed E-state index contributed by atoms with van der Waals surface area (Å²) in [6.45, 7) is 1.92. The van der Waals surface area contributed by atoms with E-state index in [2.05, 4.69) is 57.8 Å². The maximum absolute atomic E-state index is 12.4. The third-order valence-electron chi connectivity index (χ3n) is 5.73. The topological polar surface area (TPSA) is 83.0 Å². The molecule has 4 rings (SSSR count). The Hall–Kier alpha value is -2.87. The number of carbonyl (C=O) groups is 1. The van der Waals surface area contributed by atoms with E-state index in [9.17, 15) is 4.79 Å². The summed E-state index contributed by atoms with van der Waals surface area (Å²) in [5, 5.41) is 8.60. The number of benzene rings is 1. The van der Waals surface area contributed by atoms with E-state index >= 15 is 0 Å². The minimum Gasteiger partial charge on any atom is -0.377 e. The number of hydrogen-bond acceptors (Lipinski definition) is 7. The number of nitrogens with zero attached hydrogens (tertiary/aromatic N) is 4. The Morgan fingerprint density at radius 1 is 1.09 bits per heavy atom. The van der Waals surface area contributed by atoms with E-state index in [4.69, 9.17) is 4.98 Å². The van der Waals surface area contributed by atoms with Crippen molar-refractivity contribution in [2.75, 3.05) is 30.1 Å². The summed E-state index contributed by atoms with van der Waals surface area (Å²) in [5.74, 6) is 1.30. The lowest BCUT2D eigenvalue weighted by Crippen LogP contribution is -2.41. The maximum Gasteiger partial charge on any atom is 0.230 e. The Morgan fingerprint density at radius 2 is 1.84 bits per heavy atom. The summed E-state index contributed by atoms with van der Waals surface area (Å²) in [5.41, 5.74) is 3.07. The van der Waals surface area contributed by atoms with Crippen molar-refractivity contribution >= 4 is 40.1 Å². The Labute approximate surface area is 193 Å². The van der Waals surface area contributed by atoms with Gasteiger partial charge in [0.25, 0.3) is 0 Å². The van der Waals surface area contributed by atoms with Gasteiger partial charge in [0.05, 0.1) is 11.3 Å². The Balaban J connectivity index is 1.28. The molecule has 1 aliphatic carbocycles. The molecular formula is C24H30N6OS. The Bertz CT molecular complexity index is 1080. The quantitative estimate of drug-likeness (QED) is 0.415. The van der Waals surface area contributed by atoms with Crippen LogP contribution in [0.3, 0.4) is 0 Å². The van der Waals surface area contributed by atoms with Gasteiger partial charge in [-0.15, -0.1) is 0 Å². The molecule has 2 heterocycles. The molecule has 1 saturated carbocycles. The van der Waals surface area contributed by atoms with E-state index in [1.165, 1.54) is 11.8 Å². The molecule has 2 aromatic heterocycles. The van der Waals surface area contributed by atoms with E-state index < -0.39 is 0 Å². The zero-order valence-corrected chi connectivity index (χ0v) is 19.7. The van der Waals surface area contributed by atoms with Gasteiger partial charge >= 0.3 is 0 Å². The molecule has 7 nitrogen and oxygen atoms in total. The van der Waals surface area contributed by atoms with Crippen molar-refractivity contribution in [1.29, 1.82) is 0 Å². The molecule has 2 N–H and O–H groups in total. The van der Waals surface area contributed by atoms with Crippen LogP contribution in [0.5, 0.6) is 0 Å². The van der Waals surface area contributed by atoms with Crippen LogP contribution < -0.4 is 15.5 Å². The van der Waals surface area contributed by atoms with Crippen molar-refractivity contribution in [2.45, 2.75) is 49.8 Å². The number of aromatic nitrogens is 3. The first-order chi connectivity index (χ1) is 15.5. The standard InChI is InChI=1S/C24H30N6OS/c1-16-12-13-25-24(26-16)32-15-23(31)28-18-10-8-17(9-11-18)27-22-14-21(30(2)3)19-6-4-5-7-20(19)29-22/h4-7,12-14,17-18H,8-11,15H2,1-3H3,(H,27,29)(H,28,31). The first-order valence-electron chi connectivity index (χ1n) is 11.0. The fourth-order valence-electron chi connectivity index (χ4n) is 4.09. The van der Waals surface area contributed by atoms with Crippen LogP contribution in [-0.4, -0.2) is 52.8 Å². The summed E-state index contributed by atoms with van der Waals surface area (Å²) in [6, 6.07) is 12.8. The third-order valence-corrected chi connectivity index (χ3v) is 6.59.